The molecule has 0 spiro atoms. The molecule has 4 heteroatoms. The molecule has 3 nitrogen and oxygen atoms in total. The van der Waals surface area contributed by atoms with Gasteiger partial charge in [-0.2, -0.15) is 0 Å². The van der Waals surface area contributed by atoms with Gasteiger partial charge in [0.2, 0.25) is 0 Å². The van der Waals surface area contributed by atoms with Gasteiger partial charge in [-0.25, -0.2) is 0 Å². The van der Waals surface area contributed by atoms with Crippen LogP contribution in [0.15, 0.2) is 39.7 Å². The van der Waals surface area contributed by atoms with Crippen LogP contribution >= 0.6 is 15.9 Å². The molecule has 2 N–H and O–H groups in total. The van der Waals surface area contributed by atoms with Crippen molar-refractivity contribution in [2.75, 3.05) is 5.73 Å². The van der Waals surface area contributed by atoms with Crippen molar-refractivity contribution in [1.82, 2.24) is 4.57 Å². The Morgan fingerprint density at radius 1 is 1.28 bits per heavy atom. The van der Waals surface area contributed by atoms with E-state index in [2.05, 4.69) is 41.9 Å². The van der Waals surface area contributed by atoms with E-state index in [9.17, 15) is 4.79 Å². The maximum Gasteiger partial charge on any atom is 0.265 e. The molecule has 0 aliphatic carbocycles. The quantitative estimate of drug-likeness (QED) is 0.927. The molecule has 2 rings (SSSR count). The monoisotopic (exact) mass is 306 g/mol. The van der Waals surface area contributed by atoms with E-state index >= 15 is 0 Å². The highest BCUT2D eigenvalue weighted by Gasteiger charge is 2.07. The standard InChI is InChI=1S/C14H15BrN2O/c1-9-4-3-5-10(2)12(9)8-17-7-11(16)6-13(15)14(17)18/h3-7H,8,16H2,1-2H3. The number of benzene rings is 1. The lowest BCUT2D eigenvalue weighted by molar-refractivity contribution is 0.749. The van der Waals surface area contributed by atoms with Gasteiger partial charge >= 0.3 is 0 Å². The third-order valence-electron chi connectivity index (χ3n) is 3.04. The van der Waals surface area contributed by atoms with Gasteiger partial charge in [-0.3, -0.25) is 4.79 Å². The summed E-state index contributed by atoms with van der Waals surface area (Å²) in [5, 5.41) is 0. The molecule has 1 heterocycles. The molecule has 2 aromatic rings. The molecule has 0 radical (unpaired) electrons. The summed E-state index contributed by atoms with van der Waals surface area (Å²) in [7, 11) is 0. The highest BCUT2D eigenvalue weighted by molar-refractivity contribution is 9.10. The number of nitrogen functional groups attached to an aromatic ring is 1. The lowest BCUT2D eigenvalue weighted by Gasteiger charge is -2.12. The lowest BCUT2D eigenvalue weighted by Crippen LogP contribution is -2.22. The van der Waals surface area contributed by atoms with Gasteiger partial charge in [0, 0.05) is 11.9 Å². The van der Waals surface area contributed by atoms with Gasteiger partial charge in [-0.1, -0.05) is 18.2 Å². The second-order valence-corrected chi connectivity index (χ2v) is 5.28. The smallest absolute Gasteiger partial charge is 0.265 e. The van der Waals surface area contributed by atoms with Crippen molar-refractivity contribution in [1.29, 1.82) is 0 Å². The average molecular weight is 307 g/mol. The van der Waals surface area contributed by atoms with E-state index in [1.807, 2.05) is 6.07 Å². The Morgan fingerprint density at radius 2 is 1.89 bits per heavy atom. The zero-order valence-electron chi connectivity index (χ0n) is 10.4. The van der Waals surface area contributed by atoms with Crippen molar-refractivity contribution in [3.8, 4) is 0 Å². The molecule has 0 fully saturated rings. The van der Waals surface area contributed by atoms with Gasteiger partial charge < -0.3 is 10.3 Å². The zero-order chi connectivity index (χ0) is 13.3. The number of rotatable bonds is 2. The maximum atomic E-state index is 12.0. The summed E-state index contributed by atoms with van der Waals surface area (Å²) in [6.45, 7) is 4.64. The van der Waals surface area contributed by atoms with Crippen LogP contribution in [0.5, 0.6) is 0 Å². The fourth-order valence-electron chi connectivity index (χ4n) is 2.01. The second kappa shape index (κ2) is 4.98. The number of pyridine rings is 1. The minimum atomic E-state index is -0.0631. The summed E-state index contributed by atoms with van der Waals surface area (Å²) in [6, 6.07) is 7.75. The first-order valence-electron chi connectivity index (χ1n) is 5.69. The average Bonchev–Trinajstić information content (AvgIpc) is 2.30. The van der Waals surface area contributed by atoms with Crippen molar-refractivity contribution in [2.24, 2.45) is 0 Å². The van der Waals surface area contributed by atoms with E-state index in [-0.39, 0.29) is 5.56 Å². The first kappa shape index (κ1) is 12.9. The van der Waals surface area contributed by atoms with E-state index in [1.165, 1.54) is 11.1 Å². The Hall–Kier alpha value is -1.55. The summed E-state index contributed by atoms with van der Waals surface area (Å²) in [5.74, 6) is 0. The number of aromatic nitrogens is 1. The summed E-state index contributed by atoms with van der Waals surface area (Å²) >= 11 is 3.23. The normalized spacial score (nSPS) is 10.6. The molecule has 0 saturated heterocycles. The molecular weight excluding hydrogens is 292 g/mol. The molecule has 18 heavy (non-hydrogen) atoms. The highest BCUT2D eigenvalue weighted by Crippen LogP contribution is 2.15. The van der Waals surface area contributed by atoms with Gasteiger partial charge in [0.25, 0.3) is 5.56 Å². The van der Waals surface area contributed by atoms with Crippen molar-refractivity contribution in [2.45, 2.75) is 20.4 Å². The van der Waals surface area contributed by atoms with Gasteiger partial charge in [0.05, 0.1) is 11.0 Å². The van der Waals surface area contributed by atoms with E-state index in [0.717, 1.165) is 5.56 Å². The van der Waals surface area contributed by atoms with Gasteiger partial charge in [0.1, 0.15) is 0 Å². The van der Waals surface area contributed by atoms with Gasteiger partial charge in [-0.05, 0) is 52.5 Å². The molecule has 0 aliphatic rings. The van der Waals surface area contributed by atoms with Gasteiger partial charge in [-0.15, -0.1) is 0 Å². The fraction of sp³-hybridized carbons (Fsp3) is 0.214. The number of nitrogens with zero attached hydrogens (tertiary/aromatic N) is 1. The van der Waals surface area contributed by atoms with Crippen LogP contribution in [0.4, 0.5) is 5.69 Å². The molecule has 94 valence electrons. The molecule has 1 aromatic carbocycles. The van der Waals surface area contributed by atoms with Crippen LogP contribution in [0.2, 0.25) is 0 Å². The number of hydrogen-bond acceptors (Lipinski definition) is 2. The number of halogens is 1. The van der Waals surface area contributed by atoms with E-state index in [0.29, 0.717) is 16.7 Å². The van der Waals surface area contributed by atoms with Crippen molar-refractivity contribution < 1.29 is 0 Å². The van der Waals surface area contributed by atoms with E-state index in [1.54, 1.807) is 16.8 Å². The number of aryl methyl sites for hydroxylation is 2. The second-order valence-electron chi connectivity index (χ2n) is 4.42. The van der Waals surface area contributed by atoms with Crippen LogP contribution in [0, 0.1) is 13.8 Å². The summed E-state index contributed by atoms with van der Waals surface area (Å²) in [4.78, 5) is 12.0. The Labute approximate surface area is 114 Å². The maximum absolute atomic E-state index is 12.0. The van der Waals surface area contributed by atoms with Crippen molar-refractivity contribution in [3.05, 3.63) is 62.0 Å². The van der Waals surface area contributed by atoms with E-state index in [4.69, 9.17) is 5.73 Å². The zero-order valence-corrected chi connectivity index (χ0v) is 12.0. The van der Waals surface area contributed by atoms with Crippen molar-refractivity contribution >= 4 is 21.6 Å². The third kappa shape index (κ3) is 2.48. The van der Waals surface area contributed by atoms with Crippen LogP contribution in [0.25, 0.3) is 0 Å². The van der Waals surface area contributed by atoms with Crippen molar-refractivity contribution in [3.63, 3.8) is 0 Å². The Morgan fingerprint density at radius 3 is 2.50 bits per heavy atom. The molecule has 1 aromatic heterocycles. The summed E-state index contributed by atoms with van der Waals surface area (Å²) in [5.41, 5.74) is 9.81. The Kier molecular flexibility index (Phi) is 3.57. The Bertz CT molecular complexity index is 626. The Balaban J connectivity index is 2.50. The predicted molar refractivity (Wildman–Crippen MR) is 77.8 cm³/mol. The van der Waals surface area contributed by atoms with Crippen LogP contribution in [-0.4, -0.2) is 4.57 Å². The fourth-order valence-corrected chi connectivity index (χ4v) is 2.50. The van der Waals surface area contributed by atoms with Crippen LogP contribution in [-0.2, 0) is 6.54 Å². The summed E-state index contributed by atoms with van der Waals surface area (Å²) in [6.07, 6.45) is 1.68. The first-order chi connectivity index (χ1) is 8.49. The first-order valence-corrected chi connectivity index (χ1v) is 6.49. The highest BCUT2D eigenvalue weighted by atomic mass is 79.9. The number of hydrogen-bond donors (Lipinski definition) is 1. The minimum Gasteiger partial charge on any atom is -0.398 e. The van der Waals surface area contributed by atoms with E-state index < -0.39 is 0 Å². The van der Waals surface area contributed by atoms with Crippen LogP contribution in [0.1, 0.15) is 16.7 Å². The SMILES string of the molecule is Cc1cccc(C)c1Cn1cc(N)cc(Br)c1=O. The summed E-state index contributed by atoms with van der Waals surface area (Å²) < 4.78 is 2.13. The number of anilines is 1. The van der Waals surface area contributed by atoms with Crippen LogP contribution in [0.3, 0.4) is 0 Å². The van der Waals surface area contributed by atoms with Crippen LogP contribution < -0.4 is 11.3 Å². The van der Waals surface area contributed by atoms with Gasteiger partial charge in [0.15, 0.2) is 0 Å². The largest absolute Gasteiger partial charge is 0.398 e. The number of nitrogens with two attached hydrogens (primary N) is 1. The predicted octanol–water partition coefficient (Wildman–Crippen LogP) is 2.86. The molecule has 0 aliphatic heterocycles. The molecule has 0 bridgehead atoms. The molecule has 0 atom stereocenters. The third-order valence-corrected chi connectivity index (χ3v) is 3.60. The molecule has 0 saturated carbocycles. The molecule has 0 unspecified atom stereocenters. The molecular formula is C14H15BrN2O. The topological polar surface area (TPSA) is 48.0 Å². The lowest BCUT2D eigenvalue weighted by atomic mass is 10.0. The minimum absolute atomic E-state index is 0.0631. The molecule has 0 amide bonds.